The highest BCUT2D eigenvalue weighted by atomic mass is 16.5. The van der Waals surface area contributed by atoms with Crippen molar-refractivity contribution in [1.29, 1.82) is 0 Å². The Bertz CT molecular complexity index is 924. The summed E-state index contributed by atoms with van der Waals surface area (Å²) >= 11 is 0. The molecule has 0 atom stereocenters. The van der Waals surface area contributed by atoms with Gasteiger partial charge in [0.2, 0.25) is 5.91 Å². The normalized spacial score (nSPS) is 13.0. The lowest BCUT2D eigenvalue weighted by Crippen LogP contribution is -2.24. The number of amides is 1. The lowest BCUT2D eigenvalue weighted by atomic mass is 10.1. The Labute approximate surface area is 168 Å². The zero-order chi connectivity index (χ0) is 20.6. The van der Waals surface area contributed by atoms with E-state index in [4.69, 9.17) is 4.74 Å². The second-order valence-corrected chi connectivity index (χ2v) is 6.53. The molecule has 0 spiro atoms. The van der Waals surface area contributed by atoms with Gasteiger partial charge in [0, 0.05) is 12.8 Å². The number of esters is 2. The molecule has 0 bridgehead atoms. The largest absolute Gasteiger partial charge is 0.465 e. The molecular weight excluding hydrogens is 372 g/mol. The minimum atomic E-state index is -0.478. The summed E-state index contributed by atoms with van der Waals surface area (Å²) in [6.45, 7) is 0.538. The van der Waals surface area contributed by atoms with E-state index in [0.29, 0.717) is 24.1 Å². The molecule has 0 aromatic heterocycles. The minimum Gasteiger partial charge on any atom is -0.465 e. The number of hydrazone groups is 1. The molecule has 2 aromatic rings. The zero-order valence-corrected chi connectivity index (χ0v) is 16.2. The molecule has 150 valence electrons. The van der Waals surface area contributed by atoms with Crippen LogP contribution in [0, 0.1) is 0 Å². The molecule has 0 radical (unpaired) electrons. The van der Waals surface area contributed by atoms with Crippen molar-refractivity contribution in [2.24, 2.45) is 5.10 Å². The molecule has 3 rings (SSSR count). The molecule has 1 amide bonds. The van der Waals surface area contributed by atoms with Gasteiger partial charge in [-0.25, -0.2) is 9.80 Å². The fraction of sp³-hybridized carbons (Fsp3) is 0.273. The highest BCUT2D eigenvalue weighted by Gasteiger charge is 2.22. The molecule has 0 saturated heterocycles. The van der Waals surface area contributed by atoms with Crippen molar-refractivity contribution in [2.45, 2.75) is 25.9 Å². The summed E-state index contributed by atoms with van der Waals surface area (Å²) in [5, 5.41) is 5.78. The third-order valence-corrected chi connectivity index (χ3v) is 4.49. The minimum absolute atomic E-state index is 0.0256. The van der Waals surface area contributed by atoms with Crippen LogP contribution in [0.1, 0.15) is 40.7 Å². The van der Waals surface area contributed by atoms with Crippen LogP contribution < -0.4 is 0 Å². The van der Waals surface area contributed by atoms with E-state index in [-0.39, 0.29) is 25.4 Å². The number of carbonyl (C=O) groups is 3. The first-order chi connectivity index (χ1) is 14.1. The van der Waals surface area contributed by atoms with Gasteiger partial charge in [-0.2, -0.15) is 5.10 Å². The summed E-state index contributed by atoms with van der Waals surface area (Å²) < 4.78 is 9.87. The van der Waals surface area contributed by atoms with E-state index < -0.39 is 11.9 Å². The van der Waals surface area contributed by atoms with Gasteiger partial charge >= 0.3 is 11.9 Å². The maximum Gasteiger partial charge on any atom is 0.337 e. The van der Waals surface area contributed by atoms with Crippen molar-refractivity contribution >= 4 is 23.6 Å². The second-order valence-electron chi connectivity index (χ2n) is 6.53. The van der Waals surface area contributed by atoms with Crippen LogP contribution in [-0.4, -0.2) is 42.2 Å². The summed E-state index contributed by atoms with van der Waals surface area (Å²) in [5.41, 5.74) is 2.92. The first kappa shape index (κ1) is 20.3. The Hall–Kier alpha value is -3.48. The highest BCUT2D eigenvalue weighted by molar-refractivity contribution is 6.02. The zero-order valence-electron chi connectivity index (χ0n) is 16.2. The predicted octanol–water partition coefficient (Wildman–Crippen LogP) is 2.93. The molecule has 0 saturated carbocycles. The van der Waals surface area contributed by atoms with Crippen LogP contribution in [-0.2, 0) is 25.7 Å². The fourth-order valence-electron chi connectivity index (χ4n) is 2.95. The van der Waals surface area contributed by atoms with Crippen molar-refractivity contribution < 1.29 is 23.9 Å². The highest BCUT2D eigenvalue weighted by Crippen LogP contribution is 2.15. The predicted molar refractivity (Wildman–Crippen MR) is 106 cm³/mol. The summed E-state index contributed by atoms with van der Waals surface area (Å²) in [5.74, 6) is -1.14. The molecule has 0 N–H and O–H groups in total. The van der Waals surface area contributed by atoms with Crippen LogP contribution in [0.4, 0.5) is 0 Å². The number of benzene rings is 2. The van der Waals surface area contributed by atoms with Crippen molar-refractivity contribution in [3.63, 3.8) is 0 Å². The van der Waals surface area contributed by atoms with E-state index >= 15 is 0 Å². The summed E-state index contributed by atoms with van der Waals surface area (Å²) in [6, 6.07) is 16.4. The Morgan fingerprint density at radius 2 is 1.83 bits per heavy atom. The quantitative estimate of drug-likeness (QED) is 0.674. The van der Waals surface area contributed by atoms with Gasteiger partial charge < -0.3 is 9.47 Å². The maximum atomic E-state index is 12.3. The van der Waals surface area contributed by atoms with Crippen molar-refractivity contribution in [3.05, 3.63) is 71.3 Å². The van der Waals surface area contributed by atoms with Crippen molar-refractivity contribution in [1.82, 2.24) is 5.01 Å². The monoisotopic (exact) mass is 394 g/mol. The lowest BCUT2D eigenvalue weighted by Gasteiger charge is -2.11. The molecule has 7 heteroatoms. The van der Waals surface area contributed by atoms with Gasteiger partial charge in [-0.3, -0.25) is 9.59 Å². The van der Waals surface area contributed by atoms with Crippen LogP contribution in [0.15, 0.2) is 59.7 Å². The van der Waals surface area contributed by atoms with Crippen LogP contribution in [0.5, 0.6) is 0 Å². The average Bonchev–Trinajstić information content (AvgIpc) is 3.26. The molecule has 0 fully saturated rings. The van der Waals surface area contributed by atoms with Gasteiger partial charge in [0.1, 0.15) is 6.61 Å². The van der Waals surface area contributed by atoms with Gasteiger partial charge in [0.05, 0.1) is 31.4 Å². The number of hydrogen-bond donors (Lipinski definition) is 0. The Balaban J connectivity index is 1.46. The van der Waals surface area contributed by atoms with E-state index in [2.05, 4.69) is 9.84 Å². The Morgan fingerprint density at radius 3 is 2.59 bits per heavy atom. The smallest absolute Gasteiger partial charge is 0.337 e. The number of hydrogen-bond acceptors (Lipinski definition) is 6. The van der Waals surface area contributed by atoms with Crippen LogP contribution in [0.3, 0.4) is 0 Å². The Kier molecular flexibility index (Phi) is 6.73. The number of methoxy groups -OCH3 is 1. The molecular formula is C22H22N2O5. The van der Waals surface area contributed by atoms with Gasteiger partial charge in [0.25, 0.3) is 0 Å². The van der Waals surface area contributed by atoms with Gasteiger partial charge in [0.15, 0.2) is 0 Å². The van der Waals surface area contributed by atoms with Crippen molar-refractivity contribution in [3.8, 4) is 0 Å². The van der Waals surface area contributed by atoms with E-state index in [1.165, 1.54) is 12.1 Å². The van der Waals surface area contributed by atoms with Crippen molar-refractivity contribution in [2.75, 3.05) is 13.7 Å². The number of ether oxygens (including phenoxy) is 2. The number of rotatable bonds is 7. The standard InChI is InChI=1S/C22H22N2O5/c1-28-22(27)18-9-5-6-16(14-18)15-29-21(26)11-10-20(25)24-13-12-19(23-24)17-7-3-2-4-8-17/h2-9,14H,10-13,15H2,1H3. The number of nitrogens with zero attached hydrogens (tertiary/aromatic N) is 2. The van der Waals surface area contributed by atoms with E-state index in [9.17, 15) is 14.4 Å². The third-order valence-electron chi connectivity index (χ3n) is 4.49. The van der Waals surface area contributed by atoms with Gasteiger partial charge in [-0.1, -0.05) is 42.5 Å². The molecule has 0 unspecified atom stereocenters. The van der Waals surface area contributed by atoms with Crippen LogP contribution in [0.25, 0.3) is 0 Å². The maximum absolute atomic E-state index is 12.3. The molecule has 1 aliphatic heterocycles. The first-order valence-electron chi connectivity index (χ1n) is 9.33. The van der Waals surface area contributed by atoms with E-state index in [1.807, 2.05) is 30.3 Å². The van der Waals surface area contributed by atoms with E-state index in [1.54, 1.807) is 24.3 Å². The van der Waals surface area contributed by atoms with Crippen LogP contribution in [0.2, 0.25) is 0 Å². The summed E-state index contributed by atoms with van der Waals surface area (Å²) in [6.07, 6.45) is 0.700. The third kappa shape index (κ3) is 5.51. The molecule has 29 heavy (non-hydrogen) atoms. The van der Waals surface area contributed by atoms with E-state index in [0.717, 1.165) is 11.3 Å². The molecule has 1 aliphatic rings. The molecule has 7 nitrogen and oxygen atoms in total. The number of carbonyl (C=O) groups excluding carboxylic acids is 3. The average molecular weight is 394 g/mol. The molecule has 1 heterocycles. The topological polar surface area (TPSA) is 85.3 Å². The Morgan fingerprint density at radius 1 is 1.03 bits per heavy atom. The second kappa shape index (κ2) is 9.64. The summed E-state index contributed by atoms with van der Waals surface area (Å²) in [7, 11) is 1.30. The fourth-order valence-corrected chi connectivity index (χ4v) is 2.95. The van der Waals surface area contributed by atoms with Gasteiger partial charge in [-0.15, -0.1) is 0 Å². The summed E-state index contributed by atoms with van der Waals surface area (Å²) in [4.78, 5) is 35.8. The molecule has 0 aliphatic carbocycles. The van der Waals surface area contributed by atoms with Gasteiger partial charge in [-0.05, 0) is 23.3 Å². The molecule has 2 aromatic carbocycles. The lowest BCUT2D eigenvalue weighted by molar-refractivity contribution is -0.147. The SMILES string of the molecule is COC(=O)c1cccc(COC(=O)CCC(=O)N2CCC(c3ccccc3)=N2)c1. The first-order valence-corrected chi connectivity index (χ1v) is 9.33. The van der Waals surface area contributed by atoms with Crippen LogP contribution >= 0.6 is 0 Å².